The highest BCUT2D eigenvalue weighted by molar-refractivity contribution is 8.00. The van der Waals surface area contributed by atoms with Crippen molar-refractivity contribution in [2.75, 3.05) is 6.61 Å². The number of nitrogens with two attached hydrogens (primary N) is 1. The van der Waals surface area contributed by atoms with Crippen LogP contribution in [0.1, 0.15) is 48.0 Å². The summed E-state index contributed by atoms with van der Waals surface area (Å²) in [6, 6.07) is 0. The SMILES string of the molecule is CCOC(=O)C(C)(N)CC(C)SC(C)C(C)C. The van der Waals surface area contributed by atoms with Gasteiger partial charge in [-0.15, -0.1) is 0 Å². The molecule has 0 radical (unpaired) electrons. The fourth-order valence-corrected chi connectivity index (χ4v) is 3.04. The zero-order chi connectivity index (χ0) is 13.6. The van der Waals surface area contributed by atoms with Crippen LogP contribution in [-0.2, 0) is 9.53 Å². The second-order valence-electron chi connectivity index (χ2n) is 5.24. The minimum atomic E-state index is -0.876. The average Bonchev–Trinajstić information content (AvgIpc) is 2.16. The predicted molar refractivity (Wildman–Crippen MR) is 75.2 cm³/mol. The van der Waals surface area contributed by atoms with Crippen molar-refractivity contribution in [1.29, 1.82) is 0 Å². The molecule has 0 amide bonds. The van der Waals surface area contributed by atoms with E-state index in [0.29, 0.717) is 29.4 Å². The summed E-state index contributed by atoms with van der Waals surface area (Å²) in [5, 5.41) is 0.926. The molecule has 3 unspecified atom stereocenters. The van der Waals surface area contributed by atoms with Crippen LogP contribution in [0.2, 0.25) is 0 Å². The van der Waals surface area contributed by atoms with Gasteiger partial charge in [-0.05, 0) is 26.2 Å². The number of thioether (sulfide) groups is 1. The van der Waals surface area contributed by atoms with Crippen LogP contribution in [0.25, 0.3) is 0 Å². The van der Waals surface area contributed by atoms with Crippen LogP contribution >= 0.6 is 11.8 Å². The molecule has 0 saturated heterocycles. The Morgan fingerprint density at radius 2 is 1.88 bits per heavy atom. The lowest BCUT2D eigenvalue weighted by atomic mass is 9.98. The van der Waals surface area contributed by atoms with Crippen LogP contribution in [0, 0.1) is 5.92 Å². The molecule has 0 aromatic heterocycles. The van der Waals surface area contributed by atoms with Crippen molar-refractivity contribution in [3.63, 3.8) is 0 Å². The third-order valence-corrected chi connectivity index (χ3v) is 4.44. The van der Waals surface area contributed by atoms with Crippen LogP contribution in [0.4, 0.5) is 0 Å². The Kier molecular flexibility index (Phi) is 7.17. The van der Waals surface area contributed by atoms with Gasteiger partial charge in [-0.2, -0.15) is 11.8 Å². The number of hydrogen-bond donors (Lipinski definition) is 1. The van der Waals surface area contributed by atoms with Crippen LogP contribution in [-0.4, -0.2) is 28.6 Å². The largest absolute Gasteiger partial charge is 0.465 e. The number of hydrogen-bond acceptors (Lipinski definition) is 4. The number of esters is 1. The molecule has 0 rings (SSSR count). The van der Waals surface area contributed by atoms with Gasteiger partial charge in [0.05, 0.1) is 6.61 Å². The molecule has 0 bridgehead atoms. The summed E-state index contributed by atoms with van der Waals surface area (Å²) < 4.78 is 4.99. The number of carbonyl (C=O) groups excluding carboxylic acids is 1. The van der Waals surface area contributed by atoms with E-state index < -0.39 is 5.54 Å². The Bertz CT molecular complexity index is 242. The molecule has 0 heterocycles. The summed E-state index contributed by atoms with van der Waals surface area (Å²) in [5.41, 5.74) is 5.14. The molecule has 0 aliphatic rings. The van der Waals surface area contributed by atoms with Gasteiger partial charge in [0.2, 0.25) is 0 Å². The van der Waals surface area contributed by atoms with E-state index in [1.165, 1.54) is 0 Å². The first-order chi connectivity index (χ1) is 7.70. The Morgan fingerprint density at radius 3 is 2.29 bits per heavy atom. The van der Waals surface area contributed by atoms with Crippen molar-refractivity contribution in [1.82, 2.24) is 0 Å². The zero-order valence-corrected chi connectivity index (χ0v) is 12.8. The third kappa shape index (κ3) is 6.32. The maximum Gasteiger partial charge on any atom is 0.325 e. The summed E-state index contributed by atoms with van der Waals surface area (Å²) in [5.74, 6) is 0.332. The van der Waals surface area contributed by atoms with E-state index in [1.54, 1.807) is 13.8 Å². The second kappa shape index (κ2) is 7.27. The van der Waals surface area contributed by atoms with Gasteiger partial charge in [-0.25, -0.2) is 0 Å². The maximum atomic E-state index is 11.7. The molecule has 4 heteroatoms. The molecule has 0 aliphatic heterocycles. The van der Waals surface area contributed by atoms with Crippen molar-refractivity contribution < 1.29 is 9.53 Å². The zero-order valence-electron chi connectivity index (χ0n) is 11.9. The molecular formula is C13H27NO2S. The summed E-state index contributed by atoms with van der Waals surface area (Å²) in [4.78, 5) is 11.7. The Balaban J connectivity index is 4.26. The molecule has 0 aliphatic carbocycles. The van der Waals surface area contributed by atoms with E-state index in [2.05, 4.69) is 27.7 Å². The lowest BCUT2D eigenvalue weighted by Crippen LogP contribution is -2.48. The molecule has 0 fully saturated rings. The van der Waals surface area contributed by atoms with Gasteiger partial charge >= 0.3 is 5.97 Å². The van der Waals surface area contributed by atoms with E-state index in [-0.39, 0.29) is 5.97 Å². The smallest absolute Gasteiger partial charge is 0.325 e. The lowest BCUT2D eigenvalue weighted by molar-refractivity contribution is -0.149. The van der Waals surface area contributed by atoms with Crippen molar-refractivity contribution in [3.8, 4) is 0 Å². The molecule has 102 valence electrons. The van der Waals surface area contributed by atoms with E-state index in [9.17, 15) is 4.79 Å². The van der Waals surface area contributed by atoms with Crippen molar-refractivity contribution in [2.24, 2.45) is 11.7 Å². The minimum Gasteiger partial charge on any atom is -0.465 e. The molecule has 2 N–H and O–H groups in total. The first-order valence-corrected chi connectivity index (χ1v) is 7.26. The van der Waals surface area contributed by atoms with Crippen LogP contribution in [0.3, 0.4) is 0 Å². The highest BCUT2D eigenvalue weighted by Gasteiger charge is 2.32. The maximum absolute atomic E-state index is 11.7. The molecule has 17 heavy (non-hydrogen) atoms. The van der Waals surface area contributed by atoms with E-state index in [4.69, 9.17) is 10.5 Å². The summed E-state index contributed by atoms with van der Waals surface area (Å²) in [6.45, 7) is 12.7. The first kappa shape index (κ1) is 16.8. The topological polar surface area (TPSA) is 52.3 Å². The molecule has 3 nitrogen and oxygen atoms in total. The molecule has 0 spiro atoms. The van der Waals surface area contributed by atoms with Gasteiger partial charge in [0, 0.05) is 10.5 Å². The van der Waals surface area contributed by atoms with Gasteiger partial charge in [0.15, 0.2) is 0 Å². The fourth-order valence-electron chi connectivity index (χ4n) is 1.55. The minimum absolute atomic E-state index is 0.301. The number of carbonyl (C=O) groups is 1. The summed E-state index contributed by atoms with van der Waals surface area (Å²) in [7, 11) is 0. The first-order valence-electron chi connectivity index (χ1n) is 6.32. The molecule has 3 atom stereocenters. The number of rotatable bonds is 7. The predicted octanol–water partition coefficient (Wildman–Crippen LogP) is 2.82. The summed E-state index contributed by atoms with van der Waals surface area (Å²) in [6.07, 6.45) is 0.646. The van der Waals surface area contributed by atoms with Crippen molar-refractivity contribution >= 4 is 17.7 Å². The summed E-state index contributed by atoms with van der Waals surface area (Å²) >= 11 is 1.88. The fraction of sp³-hybridized carbons (Fsp3) is 0.923. The standard InChI is InChI=1S/C13H27NO2S/c1-7-16-12(15)13(6,14)8-10(4)17-11(5)9(2)3/h9-11H,7-8,14H2,1-6H3. The molecule has 0 aromatic carbocycles. The highest BCUT2D eigenvalue weighted by Crippen LogP contribution is 2.28. The van der Waals surface area contributed by atoms with Gasteiger partial charge < -0.3 is 10.5 Å². The van der Waals surface area contributed by atoms with Crippen LogP contribution < -0.4 is 5.73 Å². The Labute approximate surface area is 110 Å². The molecule has 0 saturated carbocycles. The Hall–Kier alpha value is -0.220. The highest BCUT2D eigenvalue weighted by atomic mass is 32.2. The van der Waals surface area contributed by atoms with Gasteiger partial charge in [0.1, 0.15) is 5.54 Å². The van der Waals surface area contributed by atoms with Crippen molar-refractivity contribution in [2.45, 2.75) is 64.0 Å². The van der Waals surface area contributed by atoms with Crippen molar-refractivity contribution in [3.05, 3.63) is 0 Å². The molecular weight excluding hydrogens is 234 g/mol. The lowest BCUT2D eigenvalue weighted by Gasteiger charge is -2.27. The molecule has 0 aromatic rings. The third-order valence-electron chi connectivity index (χ3n) is 2.84. The van der Waals surface area contributed by atoms with Gasteiger partial charge in [-0.1, -0.05) is 27.7 Å². The monoisotopic (exact) mass is 261 g/mol. The van der Waals surface area contributed by atoms with Gasteiger partial charge in [-0.3, -0.25) is 4.79 Å². The number of ether oxygens (including phenoxy) is 1. The quantitative estimate of drug-likeness (QED) is 0.716. The normalized spacial score (nSPS) is 18.6. The average molecular weight is 261 g/mol. The van der Waals surface area contributed by atoms with E-state index >= 15 is 0 Å². The van der Waals surface area contributed by atoms with E-state index in [0.717, 1.165) is 0 Å². The van der Waals surface area contributed by atoms with Crippen LogP contribution in [0.5, 0.6) is 0 Å². The van der Waals surface area contributed by atoms with Gasteiger partial charge in [0.25, 0.3) is 0 Å². The van der Waals surface area contributed by atoms with Crippen LogP contribution in [0.15, 0.2) is 0 Å². The van der Waals surface area contributed by atoms with E-state index in [1.807, 2.05) is 11.8 Å². The second-order valence-corrected chi connectivity index (χ2v) is 7.06. The Morgan fingerprint density at radius 1 is 1.35 bits per heavy atom.